The first-order valence-electron chi connectivity index (χ1n) is 7.36. The van der Waals surface area contributed by atoms with Crippen molar-refractivity contribution in [1.29, 1.82) is 0 Å². The minimum atomic E-state index is -3.76. The molecule has 5 N–H and O–H groups in total. The Morgan fingerprint density at radius 1 is 1.20 bits per heavy atom. The lowest BCUT2D eigenvalue weighted by atomic mass is 10.0. The van der Waals surface area contributed by atoms with Gasteiger partial charge in [-0.2, -0.15) is 5.10 Å². The summed E-state index contributed by atoms with van der Waals surface area (Å²) in [5.74, 6) is -0.369. The Bertz CT molecular complexity index is 966. The van der Waals surface area contributed by atoms with Crippen LogP contribution in [-0.2, 0) is 14.8 Å². The van der Waals surface area contributed by atoms with Crippen LogP contribution in [0, 0.1) is 0 Å². The molecule has 1 unspecified atom stereocenters. The summed E-state index contributed by atoms with van der Waals surface area (Å²) in [7, 11) is -3.76. The number of benzene rings is 2. The average Bonchev–Trinajstić information content (AvgIpc) is 2.87. The van der Waals surface area contributed by atoms with Gasteiger partial charge < -0.3 is 10.4 Å². The van der Waals surface area contributed by atoms with Gasteiger partial charge in [0.05, 0.1) is 22.4 Å². The molecule has 1 heterocycles. The number of carbonyl (C=O) groups is 1. The van der Waals surface area contributed by atoms with Crippen LogP contribution in [0.2, 0.25) is 0 Å². The number of sulfonamides is 1. The lowest BCUT2D eigenvalue weighted by Crippen LogP contribution is -2.16. The van der Waals surface area contributed by atoms with Crippen LogP contribution in [-0.4, -0.2) is 25.1 Å². The summed E-state index contributed by atoms with van der Waals surface area (Å²) in [6, 6.07) is 10.8. The molecule has 0 saturated heterocycles. The number of primary sulfonamides is 1. The first-order chi connectivity index (χ1) is 11.8. The van der Waals surface area contributed by atoms with E-state index in [4.69, 9.17) is 5.14 Å². The van der Waals surface area contributed by atoms with Gasteiger partial charge in [-0.1, -0.05) is 6.07 Å². The molecule has 0 bridgehead atoms. The standard InChI is InChI=1S/C16H16N4O4S/c1-9(21)10-2-7-14-13(8-10)15(16(22)18-14)20-19-11-3-5-12(6-4-11)25(17,23)24/h2-9,19,21H,1H3,(H2,17,23,24)(H,18,20,22). The van der Waals surface area contributed by atoms with E-state index in [0.717, 1.165) is 0 Å². The number of aliphatic hydroxyl groups excluding tert-OH is 1. The van der Waals surface area contributed by atoms with Crippen molar-refractivity contribution in [2.45, 2.75) is 17.9 Å². The zero-order chi connectivity index (χ0) is 18.2. The monoisotopic (exact) mass is 360 g/mol. The van der Waals surface area contributed by atoms with E-state index >= 15 is 0 Å². The number of hydrogen-bond acceptors (Lipinski definition) is 6. The smallest absolute Gasteiger partial charge is 0.276 e. The molecule has 1 aliphatic rings. The van der Waals surface area contributed by atoms with E-state index in [9.17, 15) is 18.3 Å². The topological polar surface area (TPSA) is 134 Å². The zero-order valence-corrected chi connectivity index (χ0v) is 14.0. The summed E-state index contributed by atoms with van der Waals surface area (Å²) in [5, 5.41) is 21.5. The number of anilines is 2. The van der Waals surface area contributed by atoms with E-state index in [-0.39, 0.29) is 16.5 Å². The van der Waals surface area contributed by atoms with E-state index in [0.29, 0.717) is 22.5 Å². The summed E-state index contributed by atoms with van der Waals surface area (Å²) in [5.41, 5.74) is 5.24. The highest BCUT2D eigenvalue weighted by molar-refractivity contribution is 7.89. The average molecular weight is 360 g/mol. The SMILES string of the molecule is CC(O)c1ccc2c(c1)/C(=N/Nc1ccc(S(N)(=O)=O)cc1)C(=O)N2. The number of hydrogen-bond donors (Lipinski definition) is 4. The molecule has 130 valence electrons. The lowest BCUT2D eigenvalue weighted by Gasteiger charge is -2.07. The minimum absolute atomic E-state index is 0.0174. The third-order valence-electron chi connectivity index (χ3n) is 3.72. The molecule has 2 aromatic carbocycles. The van der Waals surface area contributed by atoms with Gasteiger partial charge in [0, 0.05) is 5.56 Å². The molecule has 8 nitrogen and oxygen atoms in total. The fourth-order valence-corrected chi connectivity index (χ4v) is 2.90. The van der Waals surface area contributed by atoms with Gasteiger partial charge in [0.25, 0.3) is 5.91 Å². The Kier molecular flexibility index (Phi) is 4.29. The molecule has 0 aliphatic carbocycles. The second-order valence-corrected chi connectivity index (χ2v) is 7.14. The van der Waals surface area contributed by atoms with Crippen molar-refractivity contribution >= 4 is 33.0 Å². The fourth-order valence-electron chi connectivity index (χ4n) is 2.38. The molecule has 2 aromatic rings. The largest absolute Gasteiger partial charge is 0.389 e. The zero-order valence-electron chi connectivity index (χ0n) is 13.2. The van der Waals surface area contributed by atoms with Gasteiger partial charge in [0.15, 0.2) is 5.71 Å². The van der Waals surface area contributed by atoms with E-state index in [1.54, 1.807) is 25.1 Å². The lowest BCUT2D eigenvalue weighted by molar-refractivity contribution is -0.110. The predicted octanol–water partition coefficient (Wildman–Crippen LogP) is 1.16. The van der Waals surface area contributed by atoms with Crippen molar-refractivity contribution in [2.24, 2.45) is 10.2 Å². The Hall–Kier alpha value is -2.75. The van der Waals surface area contributed by atoms with Crippen LogP contribution in [0.25, 0.3) is 0 Å². The Morgan fingerprint density at radius 3 is 2.48 bits per heavy atom. The van der Waals surface area contributed by atoms with Gasteiger partial charge >= 0.3 is 0 Å². The molecule has 1 amide bonds. The number of nitrogens with two attached hydrogens (primary N) is 1. The Labute approximate surface area is 144 Å². The maximum Gasteiger partial charge on any atom is 0.276 e. The summed E-state index contributed by atoms with van der Waals surface area (Å²) < 4.78 is 22.5. The molecule has 0 fully saturated rings. The molecule has 0 radical (unpaired) electrons. The van der Waals surface area contributed by atoms with Gasteiger partial charge in [-0.05, 0) is 48.9 Å². The third kappa shape index (κ3) is 3.53. The molecule has 3 rings (SSSR count). The maximum atomic E-state index is 12.1. The number of nitrogens with one attached hydrogen (secondary N) is 2. The minimum Gasteiger partial charge on any atom is -0.389 e. The first kappa shape index (κ1) is 17.1. The van der Waals surface area contributed by atoms with E-state index in [1.165, 1.54) is 24.3 Å². The molecule has 0 saturated carbocycles. The second kappa shape index (κ2) is 6.28. The summed E-state index contributed by atoms with van der Waals surface area (Å²) in [4.78, 5) is 12.1. The number of nitrogens with zero attached hydrogens (tertiary/aromatic N) is 1. The predicted molar refractivity (Wildman–Crippen MR) is 93.7 cm³/mol. The maximum absolute atomic E-state index is 12.1. The number of aliphatic hydroxyl groups is 1. The van der Waals surface area contributed by atoms with Crippen LogP contribution in [0.1, 0.15) is 24.2 Å². The van der Waals surface area contributed by atoms with Crippen LogP contribution in [0.3, 0.4) is 0 Å². The van der Waals surface area contributed by atoms with Crippen molar-refractivity contribution in [1.82, 2.24) is 0 Å². The van der Waals surface area contributed by atoms with Crippen LogP contribution < -0.4 is 15.9 Å². The highest BCUT2D eigenvalue weighted by Crippen LogP contribution is 2.27. The van der Waals surface area contributed by atoms with Gasteiger partial charge in [0.2, 0.25) is 10.0 Å². The normalized spacial score (nSPS) is 16.4. The molecule has 25 heavy (non-hydrogen) atoms. The molecule has 0 spiro atoms. The Balaban J connectivity index is 1.88. The van der Waals surface area contributed by atoms with Crippen molar-refractivity contribution in [3.05, 3.63) is 53.6 Å². The molecule has 0 aromatic heterocycles. The van der Waals surface area contributed by atoms with E-state index in [2.05, 4.69) is 15.8 Å². The van der Waals surface area contributed by atoms with Crippen molar-refractivity contribution < 1.29 is 18.3 Å². The summed E-state index contributed by atoms with van der Waals surface area (Å²) >= 11 is 0. The van der Waals surface area contributed by atoms with Crippen molar-refractivity contribution in [3.8, 4) is 0 Å². The number of carbonyl (C=O) groups excluding carboxylic acids is 1. The summed E-state index contributed by atoms with van der Waals surface area (Å²) in [6.07, 6.45) is -0.666. The van der Waals surface area contributed by atoms with Crippen LogP contribution in [0.15, 0.2) is 52.5 Å². The van der Waals surface area contributed by atoms with Gasteiger partial charge in [-0.15, -0.1) is 0 Å². The van der Waals surface area contributed by atoms with Gasteiger partial charge in [-0.25, -0.2) is 13.6 Å². The number of fused-ring (bicyclic) bond motifs is 1. The van der Waals surface area contributed by atoms with Gasteiger partial charge in [-0.3, -0.25) is 10.2 Å². The molecule has 1 atom stereocenters. The molecular weight excluding hydrogens is 344 g/mol. The number of hydrazone groups is 1. The first-order valence-corrected chi connectivity index (χ1v) is 8.90. The highest BCUT2D eigenvalue weighted by atomic mass is 32.2. The van der Waals surface area contributed by atoms with E-state index in [1.807, 2.05) is 0 Å². The number of rotatable bonds is 4. The molecule has 1 aliphatic heterocycles. The quantitative estimate of drug-likeness (QED) is 0.607. The van der Waals surface area contributed by atoms with Crippen LogP contribution in [0.4, 0.5) is 11.4 Å². The third-order valence-corrected chi connectivity index (χ3v) is 4.65. The highest BCUT2D eigenvalue weighted by Gasteiger charge is 2.26. The molecule has 9 heteroatoms. The van der Waals surface area contributed by atoms with Crippen molar-refractivity contribution in [2.75, 3.05) is 10.7 Å². The molecular formula is C16H16N4O4S. The van der Waals surface area contributed by atoms with E-state index < -0.39 is 16.1 Å². The fraction of sp³-hybridized carbons (Fsp3) is 0.125. The second-order valence-electron chi connectivity index (χ2n) is 5.58. The Morgan fingerprint density at radius 2 is 1.88 bits per heavy atom. The van der Waals surface area contributed by atoms with Crippen LogP contribution >= 0.6 is 0 Å². The number of amides is 1. The van der Waals surface area contributed by atoms with Crippen LogP contribution in [0.5, 0.6) is 0 Å². The van der Waals surface area contributed by atoms with Gasteiger partial charge in [0.1, 0.15) is 0 Å². The summed E-state index contributed by atoms with van der Waals surface area (Å²) in [6.45, 7) is 1.63. The van der Waals surface area contributed by atoms with Crippen molar-refractivity contribution in [3.63, 3.8) is 0 Å².